The number of hydrogen-bond acceptors (Lipinski definition) is 5. The number of halogens is 2. The average Bonchev–Trinajstić information content (AvgIpc) is 3.32. The summed E-state index contributed by atoms with van der Waals surface area (Å²) in [5.41, 5.74) is 3.88. The van der Waals surface area contributed by atoms with Gasteiger partial charge in [0.2, 0.25) is 0 Å². The quantitative estimate of drug-likeness (QED) is 0.739. The molecule has 2 heterocycles. The molecule has 0 aliphatic heterocycles. The van der Waals surface area contributed by atoms with E-state index >= 15 is 0 Å². The van der Waals surface area contributed by atoms with Crippen LogP contribution in [-0.4, -0.2) is 33.0 Å². The second-order valence-corrected chi connectivity index (χ2v) is 6.43. The summed E-state index contributed by atoms with van der Waals surface area (Å²) >= 11 is 0. The molecule has 138 valence electrons. The van der Waals surface area contributed by atoms with Gasteiger partial charge in [-0.2, -0.15) is 10.1 Å². The van der Waals surface area contributed by atoms with Crippen LogP contribution in [0, 0.1) is 5.82 Å². The summed E-state index contributed by atoms with van der Waals surface area (Å²) in [7, 11) is 1.91. The zero-order valence-electron chi connectivity index (χ0n) is 14.7. The van der Waals surface area contributed by atoms with Crippen LogP contribution in [0.25, 0.3) is 17.3 Å². The standard InChI is InChI=1S/C18H20FN5O.ClH/c1-11(20-2)10-16-21-18(25-23-16)17-14-4-3-5-15(14)24(22-17)13-8-6-12(19)7-9-13;/h6-9,11,20H,3-5,10H2,1-2H3;1H. The van der Waals surface area contributed by atoms with E-state index < -0.39 is 0 Å². The Morgan fingerprint density at radius 3 is 2.77 bits per heavy atom. The van der Waals surface area contributed by atoms with E-state index in [1.54, 1.807) is 12.1 Å². The topological polar surface area (TPSA) is 68.8 Å². The highest BCUT2D eigenvalue weighted by molar-refractivity contribution is 5.85. The summed E-state index contributed by atoms with van der Waals surface area (Å²) in [6, 6.07) is 6.63. The lowest BCUT2D eigenvalue weighted by Crippen LogP contribution is -2.24. The highest BCUT2D eigenvalue weighted by atomic mass is 35.5. The van der Waals surface area contributed by atoms with Crippen molar-refractivity contribution in [2.75, 3.05) is 7.05 Å². The average molecular weight is 378 g/mol. The van der Waals surface area contributed by atoms with Crippen LogP contribution in [0.3, 0.4) is 0 Å². The van der Waals surface area contributed by atoms with Crippen molar-refractivity contribution in [3.63, 3.8) is 0 Å². The van der Waals surface area contributed by atoms with E-state index in [0.717, 1.165) is 41.9 Å². The summed E-state index contributed by atoms with van der Waals surface area (Å²) in [5.74, 6) is 0.866. The third-order valence-corrected chi connectivity index (χ3v) is 4.65. The number of fused-ring (bicyclic) bond motifs is 1. The lowest BCUT2D eigenvalue weighted by molar-refractivity contribution is 0.416. The van der Waals surface area contributed by atoms with Gasteiger partial charge in [-0.15, -0.1) is 12.4 Å². The van der Waals surface area contributed by atoms with Crippen LogP contribution in [0.5, 0.6) is 0 Å². The summed E-state index contributed by atoms with van der Waals surface area (Å²) in [6.07, 6.45) is 3.65. The van der Waals surface area contributed by atoms with E-state index in [-0.39, 0.29) is 24.3 Å². The Hall–Kier alpha value is -2.25. The van der Waals surface area contributed by atoms with Gasteiger partial charge < -0.3 is 9.84 Å². The molecule has 0 saturated carbocycles. The van der Waals surface area contributed by atoms with Gasteiger partial charge >= 0.3 is 0 Å². The summed E-state index contributed by atoms with van der Waals surface area (Å²) in [5, 5.41) is 11.9. The molecule has 1 N–H and O–H groups in total. The molecule has 1 unspecified atom stereocenters. The van der Waals surface area contributed by atoms with Gasteiger partial charge in [0.15, 0.2) is 11.5 Å². The molecule has 0 saturated heterocycles. The van der Waals surface area contributed by atoms with Crippen LogP contribution in [0.1, 0.15) is 30.4 Å². The van der Waals surface area contributed by atoms with Gasteiger partial charge in [0.1, 0.15) is 5.82 Å². The molecule has 0 radical (unpaired) electrons. The molecule has 8 heteroatoms. The number of likely N-dealkylation sites (N-methyl/N-ethyl adjacent to an activating group) is 1. The van der Waals surface area contributed by atoms with Crippen LogP contribution in [0.2, 0.25) is 0 Å². The highest BCUT2D eigenvalue weighted by Crippen LogP contribution is 2.33. The second kappa shape index (κ2) is 7.55. The molecule has 0 spiro atoms. The molecule has 0 bridgehead atoms. The molecule has 6 nitrogen and oxygen atoms in total. The number of nitrogens with zero attached hydrogens (tertiary/aromatic N) is 4. The third-order valence-electron chi connectivity index (χ3n) is 4.65. The van der Waals surface area contributed by atoms with Crippen molar-refractivity contribution in [1.82, 2.24) is 25.2 Å². The van der Waals surface area contributed by atoms with Crippen molar-refractivity contribution in [3.05, 3.63) is 47.2 Å². The van der Waals surface area contributed by atoms with Gasteiger partial charge in [0.25, 0.3) is 5.89 Å². The van der Waals surface area contributed by atoms with E-state index in [4.69, 9.17) is 9.62 Å². The van der Waals surface area contributed by atoms with Gasteiger partial charge in [0, 0.05) is 23.7 Å². The van der Waals surface area contributed by atoms with E-state index in [1.165, 1.54) is 12.1 Å². The Labute approximate surface area is 157 Å². The maximum absolute atomic E-state index is 13.2. The first-order chi connectivity index (χ1) is 12.2. The monoisotopic (exact) mass is 377 g/mol. The van der Waals surface area contributed by atoms with E-state index in [9.17, 15) is 4.39 Å². The van der Waals surface area contributed by atoms with Crippen molar-refractivity contribution in [2.45, 2.75) is 38.6 Å². The van der Waals surface area contributed by atoms with Gasteiger partial charge in [-0.05, 0) is 57.5 Å². The van der Waals surface area contributed by atoms with Gasteiger partial charge in [0.05, 0.1) is 5.69 Å². The Morgan fingerprint density at radius 1 is 1.27 bits per heavy atom. The Bertz CT molecular complexity index is 890. The van der Waals surface area contributed by atoms with Crippen molar-refractivity contribution in [3.8, 4) is 17.3 Å². The lowest BCUT2D eigenvalue weighted by atomic mass is 10.2. The van der Waals surface area contributed by atoms with Crippen molar-refractivity contribution in [1.29, 1.82) is 0 Å². The van der Waals surface area contributed by atoms with Crippen LogP contribution < -0.4 is 5.32 Å². The molecular weight excluding hydrogens is 357 g/mol. The molecular formula is C18H21ClFN5O. The molecule has 1 atom stereocenters. The fraction of sp³-hybridized carbons (Fsp3) is 0.389. The lowest BCUT2D eigenvalue weighted by Gasteiger charge is -2.05. The Kier molecular flexibility index (Phi) is 5.38. The smallest absolute Gasteiger partial charge is 0.278 e. The van der Waals surface area contributed by atoms with Gasteiger partial charge in [-0.1, -0.05) is 5.16 Å². The van der Waals surface area contributed by atoms with E-state index in [1.807, 2.05) is 11.7 Å². The minimum atomic E-state index is -0.257. The first-order valence-corrected chi connectivity index (χ1v) is 8.52. The normalized spacial score (nSPS) is 14.1. The van der Waals surface area contributed by atoms with Crippen molar-refractivity contribution in [2.24, 2.45) is 0 Å². The number of benzene rings is 1. The summed E-state index contributed by atoms with van der Waals surface area (Å²) < 4.78 is 20.6. The zero-order chi connectivity index (χ0) is 17.4. The largest absolute Gasteiger partial charge is 0.332 e. The minimum absolute atomic E-state index is 0. The maximum Gasteiger partial charge on any atom is 0.278 e. The molecule has 1 aliphatic rings. The summed E-state index contributed by atoms with van der Waals surface area (Å²) in [6.45, 7) is 2.07. The van der Waals surface area contributed by atoms with E-state index in [0.29, 0.717) is 18.1 Å². The van der Waals surface area contributed by atoms with Gasteiger partial charge in [-0.25, -0.2) is 9.07 Å². The first kappa shape index (κ1) is 18.5. The minimum Gasteiger partial charge on any atom is -0.332 e. The molecule has 0 amide bonds. The van der Waals surface area contributed by atoms with E-state index in [2.05, 4.69) is 22.4 Å². The van der Waals surface area contributed by atoms with Crippen LogP contribution in [0.15, 0.2) is 28.8 Å². The van der Waals surface area contributed by atoms with Gasteiger partial charge in [-0.3, -0.25) is 0 Å². The van der Waals surface area contributed by atoms with Crippen LogP contribution in [-0.2, 0) is 19.3 Å². The molecule has 1 aromatic carbocycles. The molecule has 4 rings (SSSR count). The molecule has 1 aliphatic carbocycles. The van der Waals surface area contributed by atoms with Crippen LogP contribution in [0.4, 0.5) is 4.39 Å². The highest BCUT2D eigenvalue weighted by Gasteiger charge is 2.27. The predicted molar refractivity (Wildman–Crippen MR) is 98.3 cm³/mol. The number of nitrogens with one attached hydrogen (secondary N) is 1. The van der Waals surface area contributed by atoms with Crippen LogP contribution >= 0.6 is 12.4 Å². The van der Waals surface area contributed by atoms with Crippen molar-refractivity contribution >= 4 is 12.4 Å². The zero-order valence-corrected chi connectivity index (χ0v) is 15.5. The summed E-state index contributed by atoms with van der Waals surface area (Å²) in [4.78, 5) is 4.51. The number of rotatable bonds is 5. The molecule has 26 heavy (non-hydrogen) atoms. The fourth-order valence-corrected chi connectivity index (χ4v) is 3.21. The maximum atomic E-state index is 13.2. The Balaban J connectivity index is 0.00000196. The molecule has 2 aromatic heterocycles. The predicted octanol–water partition coefficient (Wildman–Crippen LogP) is 3.12. The molecule has 0 fully saturated rings. The molecule has 3 aromatic rings. The Morgan fingerprint density at radius 2 is 2.04 bits per heavy atom. The fourth-order valence-electron chi connectivity index (χ4n) is 3.21. The number of aromatic nitrogens is 4. The number of hydrogen-bond donors (Lipinski definition) is 1. The SMILES string of the molecule is CNC(C)Cc1noc(-c2nn(-c3ccc(F)cc3)c3c2CCC3)n1.Cl. The van der Waals surface area contributed by atoms with Crippen molar-refractivity contribution < 1.29 is 8.91 Å². The third kappa shape index (κ3) is 3.37. The second-order valence-electron chi connectivity index (χ2n) is 6.43. The first-order valence-electron chi connectivity index (χ1n) is 8.52.